The molecule has 1 aromatic carbocycles. The van der Waals surface area contributed by atoms with E-state index in [1.807, 2.05) is 6.07 Å². The number of benzene rings is 1. The maximum Gasteiger partial charge on any atom is 0.331 e. The molecule has 0 saturated heterocycles. The average molecular weight is 310 g/mol. The molecule has 0 bridgehead atoms. The first kappa shape index (κ1) is 15.8. The molecule has 0 atom stereocenters. The van der Waals surface area contributed by atoms with Crippen LogP contribution in [0.25, 0.3) is 0 Å². The fraction of sp³-hybridized carbons (Fsp3) is 0.500. The zero-order valence-electron chi connectivity index (χ0n) is 12.2. The molecule has 1 saturated carbocycles. The van der Waals surface area contributed by atoms with Gasteiger partial charge < -0.3 is 10.1 Å². The molecule has 21 heavy (non-hydrogen) atoms. The van der Waals surface area contributed by atoms with E-state index in [2.05, 4.69) is 5.32 Å². The second-order valence-electron chi connectivity index (χ2n) is 5.42. The lowest BCUT2D eigenvalue weighted by Crippen LogP contribution is -2.56. The van der Waals surface area contributed by atoms with Crippen molar-refractivity contribution in [3.63, 3.8) is 0 Å². The quantitative estimate of drug-likeness (QED) is 0.687. The van der Waals surface area contributed by atoms with Crippen LogP contribution in [0.3, 0.4) is 0 Å². The lowest BCUT2D eigenvalue weighted by Gasteiger charge is -2.35. The van der Waals surface area contributed by atoms with Gasteiger partial charge in [0.1, 0.15) is 5.54 Å². The predicted octanol–water partition coefficient (Wildman–Crippen LogP) is 3.03. The van der Waals surface area contributed by atoms with Crippen LogP contribution in [-0.4, -0.2) is 24.5 Å². The molecule has 2 rings (SSSR count). The normalized spacial score (nSPS) is 17.0. The van der Waals surface area contributed by atoms with Crippen LogP contribution in [0, 0.1) is 0 Å². The molecular weight excluding hydrogens is 290 g/mol. The number of carbonyl (C=O) groups is 2. The number of carbonyl (C=O) groups excluding carboxylic acids is 2. The topological polar surface area (TPSA) is 55.4 Å². The van der Waals surface area contributed by atoms with E-state index in [1.54, 1.807) is 18.2 Å². The molecule has 0 aliphatic heterocycles. The van der Waals surface area contributed by atoms with E-state index in [1.165, 1.54) is 7.11 Å². The van der Waals surface area contributed by atoms with E-state index in [0.29, 0.717) is 24.3 Å². The number of nitrogens with one attached hydrogen (secondary N) is 1. The third kappa shape index (κ3) is 3.56. The lowest BCUT2D eigenvalue weighted by atomic mass is 9.81. The first-order valence-corrected chi connectivity index (χ1v) is 7.70. The molecule has 0 spiro atoms. The standard InChI is InChI=1S/C16H20ClNO3/c1-21-15(20)16(8-3-2-4-9-16)18-14(19)13-7-5-6-12(10-13)11-17/h5-7,10H,2-4,8-9,11H2,1H3,(H,18,19). The zero-order chi connectivity index (χ0) is 15.3. The number of alkyl halides is 1. The Hall–Kier alpha value is -1.55. The second-order valence-corrected chi connectivity index (χ2v) is 5.69. The highest BCUT2D eigenvalue weighted by molar-refractivity contribution is 6.17. The van der Waals surface area contributed by atoms with Crippen molar-refractivity contribution in [1.82, 2.24) is 5.32 Å². The van der Waals surface area contributed by atoms with Crippen molar-refractivity contribution >= 4 is 23.5 Å². The van der Waals surface area contributed by atoms with Crippen molar-refractivity contribution in [2.75, 3.05) is 7.11 Å². The molecule has 1 amide bonds. The summed E-state index contributed by atoms with van der Waals surface area (Å²) in [6.45, 7) is 0. The molecule has 1 fully saturated rings. The van der Waals surface area contributed by atoms with Gasteiger partial charge in [0, 0.05) is 11.4 Å². The minimum Gasteiger partial charge on any atom is -0.467 e. The van der Waals surface area contributed by atoms with Gasteiger partial charge in [-0.15, -0.1) is 11.6 Å². The number of halogens is 1. The fourth-order valence-electron chi connectivity index (χ4n) is 2.82. The molecule has 1 aromatic rings. The van der Waals surface area contributed by atoms with E-state index >= 15 is 0 Å². The average Bonchev–Trinajstić information content (AvgIpc) is 2.54. The molecule has 0 unspecified atom stereocenters. The summed E-state index contributed by atoms with van der Waals surface area (Å²) >= 11 is 5.79. The minimum atomic E-state index is -0.888. The Labute approximate surface area is 129 Å². The van der Waals surface area contributed by atoms with Crippen LogP contribution in [0.5, 0.6) is 0 Å². The summed E-state index contributed by atoms with van der Waals surface area (Å²) in [6.07, 6.45) is 4.16. The number of ether oxygens (including phenoxy) is 1. The number of hydrogen-bond acceptors (Lipinski definition) is 3. The molecule has 1 aliphatic rings. The third-order valence-electron chi connectivity index (χ3n) is 3.98. The minimum absolute atomic E-state index is 0.255. The highest BCUT2D eigenvalue weighted by Crippen LogP contribution is 2.29. The maximum absolute atomic E-state index is 12.4. The van der Waals surface area contributed by atoms with E-state index in [4.69, 9.17) is 16.3 Å². The molecular formula is C16H20ClNO3. The van der Waals surface area contributed by atoms with Crippen molar-refractivity contribution in [3.8, 4) is 0 Å². The molecule has 0 radical (unpaired) electrons. The molecule has 0 heterocycles. The van der Waals surface area contributed by atoms with Gasteiger partial charge in [0.15, 0.2) is 0 Å². The van der Waals surface area contributed by atoms with Crippen LogP contribution in [0.15, 0.2) is 24.3 Å². The Balaban J connectivity index is 2.19. The van der Waals surface area contributed by atoms with Crippen LogP contribution >= 0.6 is 11.6 Å². The van der Waals surface area contributed by atoms with Gasteiger partial charge in [0.05, 0.1) is 7.11 Å². The van der Waals surface area contributed by atoms with Gasteiger partial charge in [-0.2, -0.15) is 0 Å². The van der Waals surface area contributed by atoms with Gasteiger partial charge in [0.2, 0.25) is 0 Å². The van der Waals surface area contributed by atoms with Crippen LogP contribution in [0.1, 0.15) is 48.0 Å². The maximum atomic E-state index is 12.4. The summed E-state index contributed by atoms with van der Waals surface area (Å²) in [4.78, 5) is 24.6. The van der Waals surface area contributed by atoms with Crippen LogP contribution in [-0.2, 0) is 15.4 Å². The van der Waals surface area contributed by atoms with E-state index in [-0.39, 0.29) is 11.9 Å². The summed E-state index contributed by atoms with van der Waals surface area (Å²) in [7, 11) is 1.36. The van der Waals surface area contributed by atoms with Crippen molar-refractivity contribution in [1.29, 1.82) is 0 Å². The Kier molecular flexibility index (Phi) is 5.23. The number of hydrogen-bond donors (Lipinski definition) is 1. The largest absolute Gasteiger partial charge is 0.467 e. The first-order valence-electron chi connectivity index (χ1n) is 7.17. The highest BCUT2D eigenvalue weighted by Gasteiger charge is 2.42. The van der Waals surface area contributed by atoms with Gasteiger partial charge >= 0.3 is 5.97 Å². The Morgan fingerprint density at radius 1 is 1.29 bits per heavy atom. The predicted molar refractivity (Wildman–Crippen MR) is 81.3 cm³/mol. The van der Waals surface area contributed by atoms with Crippen molar-refractivity contribution in [3.05, 3.63) is 35.4 Å². The third-order valence-corrected chi connectivity index (χ3v) is 4.29. The summed E-state index contributed by atoms with van der Waals surface area (Å²) in [5.74, 6) is -0.262. The summed E-state index contributed by atoms with van der Waals surface area (Å²) < 4.78 is 4.90. The summed E-state index contributed by atoms with van der Waals surface area (Å²) in [5.41, 5.74) is 0.503. The summed E-state index contributed by atoms with van der Waals surface area (Å²) in [6, 6.07) is 7.12. The van der Waals surface area contributed by atoms with Gasteiger partial charge in [-0.25, -0.2) is 4.79 Å². The number of amides is 1. The van der Waals surface area contributed by atoms with Gasteiger partial charge in [-0.05, 0) is 30.5 Å². The smallest absolute Gasteiger partial charge is 0.331 e. The van der Waals surface area contributed by atoms with Crippen molar-refractivity contribution < 1.29 is 14.3 Å². The van der Waals surface area contributed by atoms with Gasteiger partial charge in [-0.3, -0.25) is 4.79 Å². The van der Waals surface area contributed by atoms with Crippen LogP contribution < -0.4 is 5.32 Å². The van der Waals surface area contributed by atoms with E-state index in [0.717, 1.165) is 24.8 Å². The molecule has 1 aliphatic carbocycles. The summed E-state index contributed by atoms with van der Waals surface area (Å²) in [5, 5.41) is 2.89. The SMILES string of the molecule is COC(=O)C1(NC(=O)c2cccc(CCl)c2)CCCCC1. The van der Waals surface area contributed by atoms with Crippen molar-refractivity contribution in [2.24, 2.45) is 0 Å². The first-order chi connectivity index (χ1) is 10.1. The van der Waals surface area contributed by atoms with Gasteiger partial charge in [0.25, 0.3) is 5.91 Å². The zero-order valence-corrected chi connectivity index (χ0v) is 12.9. The molecule has 4 nitrogen and oxygen atoms in total. The Morgan fingerprint density at radius 3 is 2.62 bits per heavy atom. The monoisotopic (exact) mass is 309 g/mol. The second kappa shape index (κ2) is 6.94. The molecule has 114 valence electrons. The number of esters is 1. The molecule has 1 N–H and O–H groups in total. The molecule has 0 aromatic heterocycles. The lowest BCUT2D eigenvalue weighted by molar-refractivity contribution is -0.149. The van der Waals surface area contributed by atoms with Crippen molar-refractivity contribution in [2.45, 2.75) is 43.5 Å². The van der Waals surface area contributed by atoms with E-state index < -0.39 is 5.54 Å². The van der Waals surface area contributed by atoms with Crippen LogP contribution in [0.4, 0.5) is 0 Å². The molecule has 5 heteroatoms. The van der Waals surface area contributed by atoms with E-state index in [9.17, 15) is 9.59 Å². The number of methoxy groups -OCH3 is 1. The van der Waals surface area contributed by atoms with Gasteiger partial charge in [-0.1, -0.05) is 31.4 Å². The van der Waals surface area contributed by atoms with Crippen LogP contribution in [0.2, 0.25) is 0 Å². The number of rotatable bonds is 4. The Morgan fingerprint density at radius 2 is 2.00 bits per heavy atom. The fourth-order valence-corrected chi connectivity index (χ4v) is 2.98. The highest BCUT2D eigenvalue weighted by atomic mass is 35.5. The Bertz CT molecular complexity index is 524.